The van der Waals surface area contributed by atoms with Gasteiger partial charge >= 0.3 is 22.3 Å². The van der Waals surface area contributed by atoms with E-state index in [1.165, 1.54) is 24.8 Å². The fraction of sp³-hybridized carbons (Fsp3) is 0.591. The zero-order valence-corrected chi connectivity index (χ0v) is 20.9. The predicted molar refractivity (Wildman–Crippen MR) is 123 cm³/mol. The number of hydrogen-bond donors (Lipinski definition) is 2. The number of piperidine rings is 1. The summed E-state index contributed by atoms with van der Waals surface area (Å²) in [7, 11) is -5.02. The average Bonchev–Trinajstić information content (AvgIpc) is 3.02. The van der Waals surface area contributed by atoms with Gasteiger partial charge in [0.05, 0.1) is 22.7 Å². The second-order valence-electron chi connectivity index (χ2n) is 9.27. The molecule has 0 spiro atoms. The summed E-state index contributed by atoms with van der Waals surface area (Å²) < 4.78 is 76.0. The van der Waals surface area contributed by atoms with E-state index in [-0.39, 0.29) is 32.0 Å². The minimum atomic E-state index is -5.02. The molecule has 2 fully saturated rings. The van der Waals surface area contributed by atoms with Crippen molar-refractivity contribution in [2.75, 3.05) is 24.5 Å². The highest BCUT2D eigenvalue weighted by Crippen LogP contribution is 2.42. The van der Waals surface area contributed by atoms with Gasteiger partial charge in [-0.1, -0.05) is 6.92 Å². The second-order valence-corrected chi connectivity index (χ2v) is 10.7. The van der Waals surface area contributed by atoms with Crippen LogP contribution in [0.15, 0.2) is 18.2 Å². The lowest BCUT2D eigenvalue weighted by molar-refractivity contribution is -0.137. The van der Waals surface area contributed by atoms with E-state index in [0.717, 1.165) is 18.6 Å². The number of nitrogens with zero attached hydrogens (tertiary/aromatic N) is 4. The van der Waals surface area contributed by atoms with Crippen LogP contribution in [-0.2, 0) is 21.1 Å². The third kappa shape index (κ3) is 5.14. The van der Waals surface area contributed by atoms with Crippen LogP contribution >= 0.6 is 0 Å². The van der Waals surface area contributed by atoms with Crippen molar-refractivity contribution in [1.29, 1.82) is 5.26 Å². The van der Waals surface area contributed by atoms with Crippen molar-refractivity contribution in [3.8, 4) is 6.07 Å². The van der Waals surface area contributed by atoms with Gasteiger partial charge in [-0.2, -0.15) is 26.9 Å². The third-order valence-electron chi connectivity index (χ3n) is 6.49. The molecule has 0 aromatic heterocycles. The lowest BCUT2D eigenvalue weighted by Gasteiger charge is -2.42. The number of likely N-dealkylation sites (tertiary alicyclic amines) is 1. The van der Waals surface area contributed by atoms with Crippen LogP contribution in [0.3, 0.4) is 0 Å². The Morgan fingerprint density at radius 2 is 1.89 bits per heavy atom. The van der Waals surface area contributed by atoms with Crippen molar-refractivity contribution in [2.24, 2.45) is 0 Å². The number of carbonyl (C=O) groups excluding carboxylic acids is 2. The quantitative estimate of drug-likeness (QED) is 0.558. The molecule has 0 saturated carbocycles. The second kappa shape index (κ2) is 9.87. The number of anilines is 1. The van der Waals surface area contributed by atoms with Crippen LogP contribution in [0, 0.1) is 11.3 Å². The van der Waals surface area contributed by atoms with Crippen molar-refractivity contribution in [2.45, 2.75) is 63.3 Å². The Labute approximate surface area is 207 Å². The number of benzene rings is 1. The first kappa shape index (κ1) is 27.7. The highest BCUT2D eigenvalue weighted by molar-refractivity contribution is 7.86. The van der Waals surface area contributed by atoms with Crippen LogP contribution in [0.25, 0.3) is 0 Å². The SMILES string of the molecule is CCCNC(=O)N1CCC(N2C(S(=O)(=O)O)N(c3ccc(C#N)c(C(F)(F)F)c3)C(=O)C2(C)C)CC1. The fourth-order valence-electron chi connectivity index (χ4n) is 4.77. The van der Waals surface area contributed by atoms with Crippen molar-refractivity contribution in [3.05, 3.63) is 29.3 Å². The maximum Gasteiger partial charge on any atom is 0.417 e. The summed E-state index contributed by atoms with van der Waals surface area (Å²) in [6.45, 7) is 5.79. The highest BCUT2D eigenvalue weighted by atomic mass is 32.2. The van der Waals surface area contributed by atoms with Crippen LogP contribution in [0.5, 0.6) is 0 Å². The Morgan fingerprint density at radius 3 is 2.39 bits per heavy atom. The molecule has 2 N–H and O–H groups in total. The van der Waals surface area contributed by atoms with Crippen molar-refractivity contribution >= 4 is 27.7 Å². The van der Waals surface area contributed by atoms with Crippen LogP contribution in [0.1, 0.15) is 51.2 Å². The summed E-state index contributed by atoms with van der Waals surface area (Å²) in [5.41, 5.74) is -5.93. The van der Waals surface area contributed by atoms with Crippen molar-refractivity contribution in [3.63, 3.8) is 0 Å². The van der Waals surface area contributed by atoms with Gasteiger partial charge in [-0.05, 0) is 51.3 Å². The number of urea groups is 1. The van der Waals surface area contributed by atoms with E-state index in [1.54, 1.807) is 4.90 Å². The highest BCUT2D eigenvalue weighted by Gasteiger charge is 2.59. The molecule has 10 nitrogen and oxygen atoms in total. The number of nitrogens with one attached hydrogen (secondary N) is 1. The van der Waals surface area contributed by atoms with E-state index in [2.05, 4.69) is 5.32 Å². The predicted octanol–water partition coefficient (Wildman–Crippen LogP) is 2.76. The summed E-state index contributed by atoms with van der Waals surface area (Å²) in [6.07, 6.45) is -3.63. The summed E-state index contributed by atoms with van der Waals surface area (Å²) in [5, 5.41) is 11.8. The van der Waals surface area contributed by atoms with Crippen molar-refractivity contribution < 1.29 is 35.7 Å². The van der Waals surface area contributed by atoms with E-state index in [4.69, 9.17) is 5.26 Å². The molecule has 36 heavy (non-hydrogen) atoms. The van der Waals surface area contributed by atoms with E-state index in [1.807, 2.05) is 6.92 Å². The molecular weight excluding hydrogens is 503 g/mol. The number of halogens is 3. The number of amides is 3. The van der Waals surface area contributed by atoms with Gasteiger partial charge in [0.1, 0.15) is 0 Å². The first-order valence-electron chi connectivity index (χ1n) is 11.4. The summed E-state index contributed by atoms with van der Waals surface area (Å²) in [4.78, 5) is 29.2. The van der Waals surface area contributed by atoms with Gasteiger partial charge in [0, 0.05) is 31.4 Å². The van der Waals surface area contributed by atoms with E-state index in [9.17, 15) is 35.7 Å². The first-order chi connectivity index (χ1) is 16.6. The van der Waals surface area contributed by atoms with Gasteiger partial charge < -0.3 is 10.2 Å². The van der Waals surface area contributed by atoms with E-state index >= 15 is 0 Å². The zero-order chi connectivity index (χ0) is 27.1. The summed E-state index contributed by atoms with van der Waals surface area (Å²) in [5.74, 6) is -0.828. The maximum atomic E-state index is 13.6. The van der Waals surface area contributed by atoms with Gasteiger partial charge in [0.15, 0.2) is 0 Å². The van der Waals surface area contributed by atoms with Gasteiger partial charge in [-0.25, -0.2) is 4.79 Å². The monoisotopic (exact) mass is 531 g/mol. The largest absolute Gasteiger partial charge is 0.417 e. The standard InChI is InChI=1S/C22H28F3N5O5S/c1-4-9-27-19(32)28-10-7-15(8-11-28)30-20(36(33,34)35)29(18(31)21(30,2)3)16-6-5-14(13-26)17(12-16)22(23,24)25/h5-6,12,15,20H,4,7-11H2,1-3H3,(H,27,32)(H,33,34,35). The maximum absolute atomic E-state index is 13.6. The Balaban J connectivity index is 2.00. The molecule has 198 valence electrons. The summed E-state index contributed by atoms with van der Waals surface area (Å²) >= 11 is 0. The van der Waals surface area contributed by atoms with E-state index < -0.39 is 56.1 Å². The topological polar surface area (TPSA) is 134 Å². The molecule has 3 rings (SSSR count). The molecule has 1 aromatic carbocycles. The Bertz CT molecular complexity index is 1170. The third-order valence-corrected chi connectivity index (χ3v) is 7.46. The lowest BCUT2D eigenvalue weighted by Crippen LogP contribution is -2.58. The fourth-order valence-corrected chi connectivity index (χ4v) is 5.98. The molecule has 0 aliphatic carbocycles. The molecule has 14 heteroatoms. The number of nitriles is 1. The molecule has 2 saturated heterocycles. The molecule has 2 heterocycles. The number of rotatable bonds is 5. The lowest BCUT2D eigenvalue weighted by atomic mass is 9.96. The molecule has 1 atom stereocenters. The smallest absolute Gasteiger partial charge is 0.338 e. The summed E-state index contributed by atoms with van der Waals surface area (Å²) in [6, 6.07) is 3.04. The molecule has 1 aromatic rings. The first-order valence-corrected chi connectivity index (χ1v) is 12.9. The molecule has 0 bridgehead atoms. The zero-order valence-electron chi connectivity index (χ0n) is 20.0. The number of hydrogen-bond acceptors (Lipinski definition) is 6. The molecule has 2 aliphatic rings. The van der Waals surface area contributed by atoms with E-state index in [0.29, 0.717) is 17.5 Å². The van der Waals surface area contributed by atoms with Crippen LogP contribution in [0.2, 0.25) is 0 Å². The van der Waals surface area contributed by atoms with Crippen LogP contribution < -0.4 is 10.2 Å². The van der Waals surface area contributed by atoms with Crippen LogP contribution in [-0.4, -0.2) is 71.4 Å². The Morgan fingerprint density at radius 1 is 1.28 bits per heavy atom. The molecular formula is C22H28F3N5O5S. The molecule has 3 amide bonds. The normalized spacial score (nSPS) is 21.5. The van der Waals surface area contributed by atoms with Gasteiger partial charge in [-0.15, -0.1) is 0 Å². The van der Waals surface area contributed by atoms with Gasteiger partial charge in [0.2, 0.25) is 11.4 Å². The van der Waals surface area contributed by atoms with Crippen LogP contribution in [0.4, 0.5) is 23.7 Å². The molecule has 1 unspecified atom stereocenters. The molecule has 0 radical (unpaired) electrons. The van der Waals surface area contributed by atoms with Crippen molar-refractivity contribution in [1.82, 2.24) is 15.1 Å². The number of alkyl halides is 3. The molecule has 2 aliphatic heterocycles. The van der Waals surface area contributed by atoms with Gasteiger partial charge in [-0.3, -0.25) is 19.1 Å². The average molecular weight is 532 g/mol. The minimum absolute atomic E-state index is 0.258. The minimum Gasteiger partial charge on any atom is -0.338 e. The Kier molecular flexibility index (Phi) is 7.59. The Hall–Kier alpha value is -2.89. The van der Waals surface area contributed by atoms with Gasteiger partial charge in [0.25, 0.3) is 0 Å². The number of carbonyl (C=O) groups is 2.